The highest BCUT2D eigenvalue weighted by molar-refractivity contribution is 6.30. The van der Waals surface area contributed by atoms with Gasteiger partial charge in [-0.25, -0.2) is 9.48 Å². The highest BCUT2D eigenvalue weighted by Gasteiger charge is 2.35. The number of hydrogen-bond acceptors (Lipinski definition) is 5. The molecule has 2 aromatic carbocycles. The first-order chi connectivity index (χ1) is 13.6. The molecule has 4 rings (SSSR count). The van der Waals surface area contributed by atoms with Gasteiger partial charge in [0.05, 0.1) is 12.3 Å². The Balaban J connectivity index is 1.82. The number of anilines is 1. The molecule has 0 radical (unpaired) electrons. The van der Waals surface area contributed by atoms with Gasteiger partial charge in [-0.3, -0.25) is 4.79 Å². The lowest BCUT2D eigenvalue weighted by Crippen LogP contribution is -2.39. The van der Waals surface area contributed by atoms with Crippen molar-refractivity contribution in [2.75, 3.05) is 11.9 Å². The second kappa shape index (κ2) is 7.36. The predicted octanol–water partition coefficient (Wildman–Crippen LogP) is 3.56. The zero-order chi connectivity index (χ0) is 19.7. The first-order valence-electron chi connectivity index (χ1n) is 8.77. The van der Waals surface area contributed by atoms with E-state index in [1.807, 2.05) is 42.5 Å². The van der Waals surface area contributed by atoms with Crippen molar-refractivity contribution >= 4 is 29.3 Å². The molecule has 1 aliphatic heterocycles. The Morgan fingerprint density at radius 3 is 2.54 bits per heavy atom. The SMILES string of the molecule is CCOC(=O)c1nn(-c2ccccc2)c2c1C(=O)NC(c1ccc(Cl)cc1)N2. The third-order valence-corrected chi connectivity index (χ3v) is 4.59. The number of halogens is 1. The van der Waals surface area contributed by atoms with Crippen LogP contribution in [0.4, 0.5) is 5.82 Å². The van der Waals surface area contributed by atoms with E-state index in [-0.39, 0.29) is 17.9 Å². The molecule has 2 N–H and O–H groups in total. The minimum Gasteiger partial charge on any atom is -0.461 e. The number of rotatable bonds is 4. The van der Waals surface area contributed by atoms with Crippen LogP contribution in [0.15, 0.2) is 54.6 Å². The topological polar surface area (TPSA) is 85.2 Å². The molecule has 3 aromatic rings. The Hall–Kier alpha value is -3.32. The fourth-order valence-corrected chi connectivity index (χ4v) is 3.19. The minimum atomic E-state index is -0.643. The number of carbonyl (C=O) groups is 2. The molecule has 2 heterocycles. The van der Waals surface area contributed by atoms with Crippen LogP contribution in [0.1, 0.15) is 39.5 Å². The maximum Gasteiger partial charge on any atom is 0.359 e. The van der Waals surface area contributed by atoms with E-state index in [0.29, 0.717) is 16.5 Å². The van der Waals surface area contributed by atoms with Crippen molar-refractivity contribution in [1.29, 1.82) is 0 Å². The number of para-hydroxylation sites is 1. The Bertz CT molecular complexity index is 1030. The van der Waals surface area contributed by atoms with Gasteiger partial charge in [-0.2, -0.15) is 5.10 Å². The predicted molar refractivity (Wildman–Crippen MR) is 105 cm³/mol. The van der Waals surface area contributed by atoms with E-state index in [9.17, 15) is 9.59 Å². The van der Waals surface area contributed by atoms with E-state index < -0.39 is 18.0 Å². The quantitative estimate of drug-likeness (QED) is 0.659. The lowest BCUT2D eigenvalue weighted by atomic mass is 10.1. The Morgan fingerprint density at radius 1 is 1.14 bits per heavy atom. The van der Waals surface area contributed by atoms with Gasteiger partial charge >= 0.3 is 5.97 Å². The zero-order valence-corrected chi connectivity index (χ0v) is 15.7. The lowest BCUT2D eigenvalue weighted by Gasteiger charge is -2.27. The second-order valence-electron chi connectivity index (χ2n) is 6.14. The van der Waals surface area contributed by atoms with Gasteiger partial charge in [0.1, 0.15) is 17.5 Å². The number of hydrogen-bond donors (Lipinski definition) is 2. The lowest BCUT2D eigenvalue weighted by molar-refractivity contribution is 0.0515. The molecule has 1 aromatic heterocycles. The number of esters is 1. The first-order valence-corrected chi connectivity index (χ1v) is 9.14. The summed E-state index contributed by atoms with van der Waals surface area (Å²) in [6.45, 7) is 1.89. The van der Waals surface area contributed by atoms with Gasteiger partial charge in [-0.1, -0.05) is 41.9 Å². The summed E-state index contributed by atoms with van der Waals surface area (Å²) in [6.07, 6.45) is -0.494. The number of fused-ring (bicyclic) bond motifs is 1. The number of nitrogens with one attached hydrogen (secondary N) is 2. The van der Waals surface area contributed by atoms with E-state index in [1.165, 1.54) is 0 Å². The van der Waals surface area contributed by atoms with E-state index in [0.717, 1.165) is 5.56 Å². The van der Waals surface area contributed by atoms with Gasteiger partial charge in [0.15, 0.2) is 5.69 Å². The average molecular weight is 397 g/mol. The first kappa shape index (κ1) is 18.1. The summed E-state index contributed by atoms with van der Waals surface area (Å²) in [7, 11) is 0. The molecule has 1 amide bonds. The molecule has 1 atom stereocenters. The van der Waals surface area contributed by atoms with E-state index >= 15 is 0 Å². The minimum absolute atomic E-state index is 0.0275. The molecule has 1 aliphatic rings. The highest BCUT2D eigenvalue weighted by Crippen LogP contribution is 2.32. The molecule has 0 spiro atoms. The van der Waals surface area contributed by atoms with Crippen molar-refractivity contribution in [3.63, 3.8) is 0 Å². The van der Waals surface area contributed by atoms with Gasteiger partial charge in [0, 0.05) is 5.02 Å². The maximum absolute atomic E-state index is 12.9. The second-order valence-corrected chi connectivity index (χ2v) is 6.58. The molecule has 7 nitrogen and oxygen atoms in total. The van der Waals surface area contributed by atoms with E-state index in [1.54, 1.807) is 23.7 Å². The highest BCUT2D eigenvalue weighted by atomic mass is 35.5. The molecule has 28 heavy (non-hydrogen) atoms. The summed E-state index contributed by atoms with van der Waals surface area (Å²) in [5.74, 6) is -0.618. The molecular weight excluding hydrogens is 380 g/mol. The van der Waals surface area contributed by atoms with Crippen LogP contribution >= 0.6 is 11.6 Å². The van der Waals surface area contributed by atoms with Crippen LogP contribution in [0.25, 0.3) is 5.69 Å². The van der Waals surface area contributed by atoms with Gasteiger partial charge < -0.3 is 15.4 Å². The number of nitrogens with zero attached hydrogens (tertiary/aromatic N) is 2. The smallest absolute Gasteiger partial charge is 0.359 e. The Labute approximate surface area is 166 Å². The number of aromatic nitrogens is 2. The van der Waals surface area contributed by atoms with Crippen LogP contribution in [-0.4, -0.2) is 28.3 Å². The fourth-order valence-electron chi connectivity index (χ4n) is 3.06. The van der Waals surface area contributed by atoms with Crippen molar-refractivity contribution in [2.24, 2.45) is 0 Å². The fraction of sp³-hybridized carbons (Fsp3) is 0.150. The molecule has 0 saturated carbocycles. The number of ether oxygens (including phenoxy) is 1. The van der Waals surface area contributed by atoms with Crippen LogP contribution in [0.2, 0.25) is 5.02 Å². The summed E-state index contributed by atoms with van der Waals surface area (Å²) >= 11 is 5.96. The van der Waals surface area contributed by atoms with Crippen molar-refractivity contribution in [2.45, 2.75) is 13.1 Å². The van der Waals surface area contributed by atoms with Crippen LogP contribution in [-0.2, 0) is 4.74 Å². The monoisotopic (exact) mass is 396 g/mol. The molecular formula is C20H17ClN4O3. The van der Waals surface area contributed by atoms with E-state index in [4.69, 9.17) is 16.3 Å². The van der Waals surface area contributed by atoms with Crippen molar-refractivity contribution in [3.8, 4) is 5.69 Å². The Morgan fingerprint density at radius 2 is 1.86 bits per heavy atom. The molecule has 8 heteroatoms. The third kappa shape index (κ3) is 3.20. The molecule has 0 fully saturated rings. The summed E-state index contributed by atoms with van der Waals surface area (Å²) in [5.41, 5.74) is 1.67. The summed E-state index contributed by atoms with van der Waals surface area (Å²) in [5, 5.41) is 11.1. The van der Waals surface area contributed by atoms with Crippen molar-refractivity contribution in [3.05, 3.63) is 76.4 Å². The van der Waals surface area contributed by atoms with Crippen LogP contribution < -0.4 is 10.6 Å². The van der Waals surface area contributed by atoms with Gasteiger partial charge in [0.25, 0.3) is 5.91 Å². The number of carbonyl (C=O) groups excluding carboxylic acids is 2. The molecule has 1 unspecified atom stereocenters. The standard InChI is InChI=1S/C20H17ClN4O3/c1-2-28-20(27)16-15-18(25(24-16)14-6-4-3-5-7-14)22-17(23-19(15)26)12-8-10-13(21)11-9-12/h3-11,17,22H,2H2,1H3,(H,23,26). The van der Waals surface area contributed by atoms with Gasteiger partial charge in [-0.05, 0) is 36.8 Å². The maximum atomic E-state index is 12.9. The number of benzene rings is 2. The zero-order valence-electron chi connectivity index (χ0n) is 15.0. The molecule has 142 valence electrons. The van der Waals surface area contributed by atoms with Crippen LogP contribution in [0.3, 0.4) is 0 Å². The summed E-state index contributed by atoms with van der Waals surface area (Å²) in [6, 6.07) is 16.4. The summed E-state index contributed by atoms with van der Waals surface area (Å²) in [4.78, 5) is 25.2. The van der Waals surface area contributed by atoms with Crippen LogP contribution in [0, 0.1) is 0 Å². The van der Waals surface area contributed by atoms with E-state index in [2.05, 4.69) is 15.7 Å². The van der Waals surface area contributed by atoms with Crippen LogP contribution in [0.5, 0.6) is 0 Å². The molecule has 0 saturated heterocycles. The molecule has 0 aliphatic carbocycles. The third-order valence-electron chi connectivity index (χ3n) is 4.34. The molecule has 0 bridgehead atoms. The summed E-state index contributed by atoms with van der Waals surface area (Å²) < 4.78 is 6.62. The van der Waals surface area contributed by atoms with Gasteiger partial charge in [0.2, 0.25) is 0 Å². The number of amides is 1. The largest absolute Gasteiger partial charge is 0.461 e. The normalized spacial score (nSPS) is 15.4. The Kier molecular flexibility index (Phi) is 4.75. The van der Waals surface area contributed by atoms with Crippen molar-refractivity contribution in [1.82, 2.24) is 15.1 Å². The average Bonchev–Trinajstić information content (AvgIpc) is 3.10. The van der Waals surface area contributed by atoms with Gasteiger partial charge in [-0.15, -0.1) is 0 Å². The van der Waals surface area contributed by atoms with Crippen molar-refractivity contribution < 1.29 is 14.3 Å².